The molecule has 2 aromatic rings. The summed E-state index contributed by atoms with van der Waals surface area (Å²) < 4.78 is 5.25. The molecule has 1 aliphatic rings. The lowest BCUT2D eigenvalue weighted by atomic mass is 10.0. The molecule has 0 bridgehead atoms. The summed E-state index contributed by atoms with van der Waals surface area (Å²) in [4.78, 5) is 2.68. The molecule has 1 aliphatic heterocycles. The molecule has 0 N–H and O–H groups in total. The van der Waals surface area contributed by atoms with Gasteiger partial charge in [0.25, 0.3) is 0 Å². The Hall–Kier alpha value is -1.41. The van der Waals surface area contributed by atoms with Gasteiger partial charge in [0.15, 0.2) is 0 Å². The van der Waals surface area contributed by atoms with Crippen LogP contribution in [0.2, 0.25) is 0 Å². The van der Waals surface area contributed by atoms with Crippen molar-refractivity contribution in [2.75, 3.05) is 7.11 Å². The first-order chi connectivity index (χ1) is 7.86. The van der Waals surface area contributed by atoms with Crippen LogP contribution in [0.15, 0.2) is 52.3 Å². The molecule has 2 aromatic carbocycles. The molecular formula is C14H12OS. The van der Waals surface area contributed by atoms with E-state index in [1.165, 1.54) is 20.9 Å². The lowest BCUT2D eigenvalue weighted by Gasteiger charge is -2.19. The van der Waals surface area contributed by atoms with E-state index in [1.54, 1.807) is 7.11 Å². The summed E-state index contributed by atoms with van der Waals surface area (Å²) in [6.07, 6.45) is 1.03. The molecule has 0 amide bonds. The fraction of sp³-hybridized carbons (Fsp3) is 0.143. The molecule has 0 atom stereocenters. The molecule has 2 heteroatoms. The van der Waals surface area contributed by atoms with Gasteiger partial charge in [-0.15, -0.1) is 0 Å². The van der Waals surface area contributed by atoms with Crippen LogP contribution in [-0.2, 0) is 6.42 Å². The minimum absolute atomic E-state index is 0.936. The van der Waals surface area contributed by atoms with Gasteiger partial charge in [0, 0.05) is 9.79 Å². The molecule has 0 saturated carbocycles. The molecule has 0 aliphatic carbocycles. The summed E-state index contributed by atoms with van der Waals surface area (Å²) in [7, 11) is 1.71. The van der Waals surface area contributed by atoms with E-state index < -0.39 is 0 Å². The maximum absolute atomic E-state index is 5.25. The van der Waals surface area contributed by atoms with Gasteiger partial charge in [-0.05, 0) is 35.7 Å². The first-order valence-corrected chi connectivity index (χ1v) is 6.11. The summed E-state index contributed by atoms with van der Waals surface area (Å²) in [6, 6.07) is 14.9. The molecular weight excluding hydrogens is 216 g/mol. The quantitative estimate of drug-likeness (QED) is 0.627. The molecule has 0 spiro atoms. The zero-order chi connectivity index (χ0) is 11.0. The highest BCUT2D eigenvalue weighted by atomic mass is 32.2. The fourth-order valence-corrected chi connectivity index (χ4v) is 3.08. The summed E-state index contributed by atoms with van der Waals surface area (Å²) in [6.45, 7) is 0. The standard InChI is InChI=1S/C14H12OS/c1-15-12-7-6-11-8-10-4-2-3-5-13(10)16-14(11)9-12/h2-7,9H,8H2,1H3. The predicted molar refractivity (Wildman–Crippen MR) is 66.4 cm³/mol. The van der Waals surface area contributed by atoms with E-state index in [9.17, 15) is 0 Å². The van der Waals surface area contributed by atoms with Crippen LogP contribution in [0.3, 0.4) is 0 Å². The molecule has 16 heavy (non-hydrogen) atoms. The Morgan fingerprint density at radius 2 is 1.81 bits per heavy atom. The number of methoxy groups -OCH3 is 1. The van der Waals surface area contributed by atoms with Crippen molar-refractivity contribution in [1.82, 2.24) is 0 Å². The van der Waals surface area contributed by atoms with E-state index in [4.69, 9.17) is 4.74 Å². The van der Waals surface area contributed by atoms with Gasteiger partial charge in [-0.3, -0.25) is 0 Å². The maximum atomic E-state index is 5.25. The first kappa shape index (κ1) is 9.79. The third-order valence-electron chi connectivity index (χ3n) is 2.85. The second-order valence-corrected chi connectivity index (χ2v) is 4.94. The van der Waals surface area contributed by atoms with Crippen LogP contribution >= 0.6 is 11.8 Å². The van der Waals surface area contributed by atoms with Gasteiger partial charge in [-0.1, -0.05) is 36.0 Å². The molecule has 0 radical (unpaired) electrons. The Morgan fingerprint density at radius 3 is 2.69 bits per heavy atom. The average Bonchev–Trinajstić information content (AvgIpc) is 2.35. The Morgan fingerprint density at radius 1 is 1.00 bits per heavy atom. The van der Waals surface area contributed by atoms with Crippen LogP contribution in [0.4, 0.5) is 0 Å². The predicted octanol–water partition coefficient (Wildman–Crippen LogP) is 3.75. The van der Waals surface area contributed by atoms with Crippen molar-refractivity contribution in [3.05, 3.63) is 53.6 Å². The monoisotopic (exact) mass is 228 g/mol. The average molecular weight is 228 g/mol. The minimum Gasteiger partial charge on any atom is -0.497 e. The van der Waals surface area contributed by atoms with E-state index in [0.29, 0.717) is 0 Å². The normalized spacial score (nSPS) is 12.8. The highest BCUT2D eigenvalue weighted by Crippen LogP contribution is 2.40. The number of benzene rings is 2. The van der Waals surface area contributed by atoms with Crippen molar-refractivity contribution in [3.63, 3.8) is 0 Å². The number of hydrogen-bond acceptors (Lipinski definition) is 2. The SMILES string of the molecule is COc1ccc2c(c1)Sc1ccccc1C2. The van der Waals surface area contributed by atoms with Crippen LogP contribution in [0.1, 0.15) is 11.1 Å². The Labute approximate surface area is 99.4 Å². The van der Waals surface area contributed by atoms with Gasteiger partial charge >= 0.3 is 0 Å². The second-order valence-electron chi connectivity index (χ2n) is 3.86. The lowest BCUT2D eigenvalue weighted by molar-refractivity contribution is 0.413. The van der Waals surface area contributed by atoms with Crippen molar-refractivity contribution in [3.8, 4) is 5.75 Å². The first-order valence-electron chi connectivity index (χ1n) is 5.29. The third kappa shape index (κ3) is 1.59. The van der Waals surface area contributed by atoms with Gasteiger partial charge in [-0.25, -0.2) is 0 Å². The molecule has 3 rings (SSSR count). The number of ether oxygens (including phenoxy) is 1. The van der Waals surface area contributed by atoms with Crippen LogP contribution in [0, 0.1) is 0 Å². The lowest BCUT2D eigenvalue weighted by Crippen LogP contribution is -1.99. The van der Waals surface area contributed by atoms with Gasteiger partial charge in [0.2, 0.25) is 0 Å². The molecule has 1 heterocycles. The molecule has 0 unspecified atom stereocenters. The number of hydrogen-bond donors (Lipinski definition) is 0. The summed E-state index contributed by atoms with van der Waals surface area (Å²) in [5.74, 6) is 0.936. The zero-order valence-electron chi connectivity index (χ0n) is 9.07. The highest BCUT2D eigenvalue weighted by Gasteiger charge is 2.15. The Balaban J connectivity index is 2.05. The van der Waals surface area contributed by atoms with Crippen molar-refractivity contribution in [2.24, 2.45) is 0 Å². The summed E-state index contributed by atoms with van der Waals surface area (Å²) >= 11 is 1.83. The molecule has 80 valence electrons. The Kier molecular flexibility index (Phi) is 2.37. The van der Waals surface area contributed by atoms with Crippen molar-refractivity contribution in [1.29, 1.82) is 0 Å². The zero-order valence-corrected chi connectivity index (χ0v) is 9.88. The van der Waals surface area contributed by atoms with Crippen LogP contribution in [0.25, 0.3) is 0 Å². The van der Waals surface area contributed by atoms with Gasteiger partial charge in [-0.2, -0.15) is 0 Å². The van der Waals surface area contributed by atoms with Gasteiger partial charge in [0.1, 0.15) is 5.75 Å². The maximum Gasteiger partial charge on any atom is 0.120 e. The summed E-state index contributed by atoms with van der Waals surface area (Å²) in [5, 5.41) is 0. The number of rotatable bonds is 1. The highest BCUT2D eigenvalue weighted by molar-refractivity contribution is 7.99. The van der Waals surface area contributed by atoms with Crippen LogP contribution < -0.4 is 4.74 Å². The van der Waals surface area contributed by atoms with Gasteiger partial charge in [0.05, 0.1) is 7.11 Å². The second kappa shape index (κ2) is 3.87. The molecule has 0 fully saturated rings. The summed E-state index contributed by atoms with van der Waals surface area (Å²) in [5.41, 5.74) is 2.81. The topological polar surface area (TPSA) is 9.23 Å². The molecule has 1 nitrogen and oxygen atoms in total. The molecule has 0 saturated heterocycles. The van der Waals surface area contributed by atoms with E-state index in [-0.39, 0.29) is 0 Å². The third-order valence-corrected chi connectivity index (χ3v) is 4.07. The number of fused-ring (bicyclic) bond motifs is 2. The largest absolute Gasteiger partial charge is 0.497 e. The molecule has 0 aromatic heterocycles. The minimum atomic E-state index is 0.936. The van der Waals surface area contributed by atoms with E-state index in [2.05, 4.69) is 36.4 Å². The smallest absolute Gasteiger partial charge is 0.120 e. The van der Waals surface area contributed by atoms with Crippen LogP contribution in [0.5, 0.6) is 5.75 Å². The van der Waals surface area contributed by atoms with E-state index >= 15 is 0 Å². The fourth-order valence-electron chi connectivity index (χ4n) is 1.98. The van der Waals surface area contributed by atoms with Crippen LogP contribution in [-0.4, -0.2) is 7.11 Å². The van der Waals surface area contributed by atoms with Crippen molar-refractivity contribution in [2.45, 2.75) is 16.2 Å². The van der Waals surface area contributed by atoms with Gasteiger partial charge < -0.3 is 4.74 Å². The van der Waals surface area contributed by atoms with E-state index in [0.717, 1.165) is 12.2 Å². The van der Waals surface area contributed by atoms with Crippen molar-refractivity contribution >= 4 is 11.8 Å². The van der Waals surface area contributed by atoms with Crippen molar-refractivity contribution < 1.29 is 4.74 Å². The van der Waals surface area contributed by atoms with E-state index in [1.807, 2.05) is 17.8 Å². The Bertz CT molecular complexity index is 534.